The Labute approximate surface area is 307 Å². The Bertz CT molecular complexity index is 2930. The number of nitrogens with zero attached hydrogens (tertiary/aromatic N) is 4. The van der Waals surface area contributed by atoms with Gasteiger partial charge in [0.15, 0.2) is 17.5 Å². The van der Waals surface area contributed by atoms with E-state index in [1.54, 1.807) is 0 Å². The van der Waals surface area contributed by atoms with Crippen molar-refractivity contribution >= 4 is 32.6 Å². The monoisotopic (exact) mass is 676 g/mol. The molecule has 0 N–H and O–H groups in total. The number of para-hydroxylation sites is 1. The van der Waals surface area contributed by atoms with Crippen LogP contribution in [0.15, 0.2) is 194 Å². The fraction of sp³-hybridized carbons (Fsp3) is 0. The van der Waals surface area contributed by atoms with Crippen LogP contribution in [0.4, 0.5) is 0 Å². The molecule has 0 amide bonds. The van der Waals surface area contributed by atoms with Crippen molar-refractivity contribution in [2.24, 2.45) is 0 Å². The van der Waals surface area contributed by atoms with Gasteiger partial charge in [-0.3, -0.25) is 0 Å². The number of fused-ring (bicyclic) bond motifs is 5. The molecule has 0 aliphatic heterocycles. The maximum absolute atomic E-state index is 5.07. The van der Waals surface area contributed by atoms with Crippen molar-refractivity contribution in [3.8, 4) is 62.1 Å². The van der Waals surface area contributed by atoms with Crippen molar-refractivity contribution in [1.82, 2.24) is 19.5 Å². The van der Waals surface area contributed by atoms with Gasteiger partial charge in [-0.15, -0.1) is 0 Å². The molecular weight excluding hydrogens is 645 g/mol. The first-order valence-corrected chi connectivity index (χ1v) is 17.9. The Morgan fingerprint density at radius 2 is 0.792 bits per heavy atom. The molecule has 0 radical (unpaired) electrons. The van der Waals surface area contributed by atoms with Crippen molar-refractivity contribution < 1.29 is 0 Å². The summed E-state index contributed by atoms with van der Waals surface area (Å²) < 4.78 is 2.40. The first-order valence-electron chi connectivity index (χ1n) is 17.9. The summed E-state index contributed by atoms with van der Waals surface area (Å²) in [5.74, 6) is 1.92. The Kier molecular flexibility index (Phi) is 7.43. The molecule has 0 unspecified atom stereocenters. The van der Waals surface area contributed by atoms with Crippen LogP contribution in [0.25, 0.3) is 94.7 Å². The van der Waals surface area contributed by atoms with Gasteiger partial charge < -0.3 is 4.57 Å². The Morgan fingerprint density at radius 3 is 1.45 bits per heavy atom. The third-order valence-corrected chi connectivity index (χ3v) is 10.0. The molecule has 0 atom stereocenters. The topological polar surface area (TPSA) is 43.6 Å². The van der Waals surface area contributed by atoms with Crippen LogP contribution < -0.4 is 0 Å². The van der Waals surface area contributed by atoms with Crippen molar-refractivity contribution in [3.05, 3.63) is 194 Å². The van der Waals surface area contributed by atoms with Crippen LogP contribution in [0.3, 0.4) is 0 Å². The van der Waals surface area contributed by atoms with E-state index in [1.807, 2.05) is 36.4 Å². The number of aromatic nitrogens is 4. The van der Waals surface area contributed by atoms with Crippen LogP contribution in [-0.4, -0.2) is 19.5 Å². The first kappa shape index (κ1) is 30.6. The van der Waals surface area contributed by atoms with Gasteiger partial charge in [-0.05, 0) is 58.0 Å². The fourth-order valence-corrected chi connectivity index (χ4v) is 7.46. The molecule has 8 aromatic carbocycles. The summed E-state index contributed by atoms with van der Waals surface area (Å²) in [4.78, 5) is 15.1. The van der Waals surface area contributed by atoms with Gasteiger partial charge in [0.05, 0.1) is 11.0 Å². The summed E-state index contributed by atoms with van der Waals surface area (Å²) in [6, 6.07) is 68.1. The molecule has 53 heavy (non-hydrogen) atoms. The van der Waals surface area contributed by atoms with Crippen LogP contribution in [-0.2, 0) is 0 Å². The quantitative estimate of drug-likeness (QED) is 0.176. The normalized spacial score (nSPS) is 11.4. The molecule has 0 saturated heterocycles. The fourth-order valence-electron chi connectivity index (χ4n) is 7.46. The predicted octanol–water partition coefficient (Wildman–Crippen LogP) is 12.5. The minimum absolute atomic E-state index is 0.634. The second kappa shape index (κ2) is 12.9. The number of hydrogen-bond donors (Lipinski definition) is 0. The van der Waals surface area contributed by atoms with E-state index in [0.717, 1.165) is 44.6 Å². The SMILES string of the molecule is c1ccc(-c2cccc(-c3nc(-c4ccccc4)nc(-c4cccc(-c5ccc(-n6c7ccccc7c7ccc8ccccc8c76)cc5)c4)n3)c2)cc1. The van der Waals surface area contributed by atoms with Crippen LogP contribution in [0.2, 0.25) is 0 Å². The highest BCUT2D eigenvalue weighted by atomic mass is 15.0. The second-order valence-corrected chi connectivity index (χ2v) is 13.3. The van der Waals surface area contributed by atoms with E-state index in [0.29, 0.717) is 17.5 Å². The highest BCUT2D eigenvalue weighted by Gasteiger charge is 2.16. The molecule has 0 saturated carbocycles. The average molecular weight is 677 g/mol. The molecule has 0 fully saturated rings. The summed E-state index contributed by atoms with van der Waals surface area (Å²) >= 11 is 0. The van der Waals surface area contributed by atoms with Gasteiger partial charge in [-0.1, -0.05) is 164 Å². The van der Waals surface area contributed by atoms with E-state index >= 15 is 0 Å². The molecule has 0 aliphatic rings. The molecule has 2 heterocycles. The molecule has 2 aromatic heterocycles. The minimum atomic E-state index is 0.634. The zero-order valence-corrected chi connectivity index (χ0v) is 28.8. The van der Waals surface area contributed by atoms with Crippen molar-refractivity contribution in [1.29, 1.82) is 0 Å². The maximum atomic E-state index is 5.07. The Balaban J connectivity index is 1.06. The van der Waals surface area contributed by atoms with E-state index in [4.69, 9.17) is 15.0 Å². The largest absolute Gasteiger partial charge is 0.309 e. The van der Waals surface area contributed by atoms with E-state index in [1.165, 1.54) is 32.6 Å². The standard InChI is InChI=1S/C49H32N4/c1-3-13-33(14-4-1)37-18-11-20-39(31-37)48-50-47(36-16-5-2-6-17-36)51-49(52-48)40-21-12-19-38(32-40)34-25-28-41(29-26-34)53-45-24-10-9-23-43(45)44-30-27-35-15-7-8-22-42(35)46(44)53/h1-32H. The molecule has 248 valence electrons. The summed E-state index contributed by atoms with van der Waals surface area (Å²) in [6.07, 6.45) is 0. The van der Waals surface area contributed by atoms with Gasteiger partial charge in [0.1, 0.15) is 0 Å². The maximum Gasteiger partial charge on any atom is 0.164 e. The Morgan fingerprint density at radius 1 is 0.302 bits per heavy atom. The smallest absolute Gasteiger partial charge is 0.164 e. The van der Waals surface area contributed by atoms with Crippen LogP contribution in [0, 0.1) is 0 Å². The molecule has 4 nitrogen and oxygen atoms in total. The van der Waals surface area contributed by atoms with E-state index in [2.05, 4.69) is 162 Å². The molecule has 4 heteroatoms. The summed E-state index contributed by atoms with van der Waals surface area (Å²) in [6.45, 7) is 0. The molecule has 10 aromatic rings. The highest BCUT2D eigenvalue weighted by Crippen LogP contribution is 2.37. The predicted molar refractivity (Wildman–Crippen MR) is 219 cm³/mol. The van der Waals surface area contributed by atoms with E-state index < -0.39 is 0 Å². The lowest BCUT2D eigenvalue weighted by molar-refractivity contribution is 1.07. The number of rotatable bonds is 6. The van der Waals surface area contributed by atoms with Gasteiger partial charge >= 0.3 is 0 Å². The van der Waals surface area contributed by atoms with Gasteiger partial charge in [-0.25, -0.2) is 15.0 Å². The van der Waals surface area contributed by atoms with Crippen molar-refractivity contribution in [2.75, 3.05) is 0 Å². The third-order valence-electron chi connectivity index (χ3n) is 10.0. The first-order chi connectivity index (χ1) is 26.3. The van der Waals surface area contributed by atoms with Gasteiger partial charge in [0, 0.05) is 38.5 Å². The molecule has 0 spiro atoms. The average Bonchev–Trinajstić information content (AvgIpc) is 3.59. The van der Waals surface area contributed by atoms with Crippen LogP contribution in [0.1, 0.15) is 0 Å². The second-order valence-electron chi connectivity index (χ2n) is 13.3. The van der Waals surface area contributed by atoms with Crippen LogP contribution in [0.5, 0.6) is 0 Å². The van der Waals surface area contributed by atoms with Crippen molar-refractivity contribution in [2.45, 2.75) is 0 Å². The van der Waals surface area contributed by atoms with E-state index in [9.17, 15) is 0 Å². The third kappa shape index (κ3) is 5.54. The zero-order chi connectivity index (χ0) is 35.1. The minimum Gasteiger partial charge on any atom is -0.309 e. The number of benzene rings is 8. The summed E-state index contributed by atoms with van der Waals surface area (Å²) in [5, 5.41) is 4.99. The highest BCUT2D eigenvalue weighted by molar-refractivity contribution is 6.18. The van der Waals surface area contributed by atoms with Gasteiger partial charge in [-0.2, -0.15) is 0 Å². The van der Waals surface area contributed by atoms with Crippen molar-refractivity contribution in [3.63, 3.8) is 0 Å². The van der Waals surface area contributed by atoms with Gasteiger partial charge in [0.25, 0.3) is 0 Å². The van der Waals surface area contributed by atoms with Crippen LogP contribution >= 0.6 is 0 Å². The summed E-state index contributed by atoms with van der Waals surface area (Å²) in [7, 11) is 0. The Hall–Kier alpha value is -7.17. The lowest BCUT2D eigenvalue weighted by Crippen LogP contribution is -2.00. The summed E-state index contributed by atoms with van der Waals surface area (Å²) in [5.41, 5.74) is 10.8. The lowest BCUT2D eigenvalue weighted by atomic mass is 10.0. The molecule has 0 bridgehead atoms. The molecule has 10 rings (SSSR count). The van der Waals surface area contributed by atoms with Gasteiger partial charge in [0.2, 0.25) is 0 Å². The van der Waals surface area contributed by atoms with E-state index in [-0.39, 0.29) is 0 Å². The number of hydrogen-bond acceptors (Lipinski definition) is 3. The lowest BCUT2D eigenvalue weighted by Gasteiger charge is -2.12. The molecule has 0 aliphatic carbocycles. The zero-order valence-electron chi connectivity index (χ0n) is 28.8. The molecular formula is C49H32N4.